The zero-order valence-corrected chi connectivity index (χ0v) is 14.9. The molecule has 2 amide bonds. The van der Waals surface area contributed by atoms with E-state index in [2.05, 4.69) is 0 Å². The van der Waals surface area contributed by atoms with E-state index < -0.39 is 11.9 Å². The van der Waals surface area contributed by atoms with E-state index in [9.17, 15) is 14.4 Å². The Morgan fingerprint density at radius 1 is 0.923 bits per heavy atom. The second-order valence-electron chi connectivity index (χ2n) is 5.90. The third-order valence-electron chi connectivity index (χ3n) is 3.91. The van der Waals surface area contributed by atoms with Crippen LogP contribution in [0.15, 0.2) is 54.6 Å². The summed E-state index contributed by atoms with van der Waals surface area (Å²) in [5.74, 6) is -1.71. The van der Waals surface area contributed by atoms with Gasteiger partial charge in [-0.1, -0.05) is 31.2 Å². The van der Waals surface area contributed by atoms with Crippen LogP contribution in [0.4, 0.5) is 5.69 Å². The molecule has 0 spiro atoms. The van der Waals surface area contributed by atoms with Gasteiger partial charge in [0.05, 0.1) is 0 Å². The lowest BCUT2D eigenvalue weighted by Gasteiger charge is -2.21. The molecule has 2 aromatic rings. The number of carbonyl (C=O) groups excluding carboxylic acids is 2. The Morgan fingerprint density at radius 3 is 2.12 bits per heavy atom. The summed E-state index contributed by atoms with van der Waals surface area (Å²) in [7, 11) is 1.67. The number of carbonyl (C=O) groups is 3. The summed E-state index contributed by atoms with van der Waals surface area (Å²) in [6.07, 6.45) is 0.647. The van der Waals surface area contributed by atoms with Crippen LogP contribution in [0.3, 0.4) is 0 Å². The van der Waals surface area contributed by atoms with Crippen LogP contribution < -0.4 is 4.90 Å². The Morgan fingerprint density at radius 2 is 1.54 bits per heavy atom. The average Bonchev–Trinajstić information content (AvgIpc) is 2.66. The number of para-hydroxylation sites is 1. The molecule has 0 unspecified atom stereocenters. The van der Waals surface area contributed by atoms with Crippen LogP contribution in [0.1, 0.15) is 34.1 Å². The van der Waals surface area contributed by atoms with Gasteiger partial charge in [0, 0.05) is 30.4 Å². The van der Waals surface area contributed by atoms with Crippen molar-refractivity contribution in [3.63, 3.8) is 0 Å². The Bertz CT molecular complexity index is 789. The highest BCUT2D eigenvalue weighted by Crippen LogP contribution is 2.16. The fourth-order valence-corrected chi connectivity index (χ4v) is 2.62. The third-order valence-corrected chi connectivity index (χ3v) is 3.91. The fraction of sp³-hybridized carbons (Fsp3) is 0.250. The number of hydrogen-bond donors (Lipinski definition) is 1. The second-order valence-corrected chi connectivity index (χ2v) is 5.90. The number of nitrogens with zero attached hydrogens (tertiary/aromatic N) is 2. The quantitative estimate of drug-likeness (QED) is 0.829. The number of benzene rings is 2. The lowest BCUT2D eigenvalue weighted by Crippen LogP contribution is -2.36. The summed E-state index contributed by atoms with van der Waals surface area (Å²) in [5, 5.41) is 8.99. The number of anilines is 1. The molecule has 0 atom stereocenters. The van der Waals surface area contributed by atoms with E-state index in [4.69, 9.17) is 5.11 Å². The van der Waals surface area contributed by atoms with Crippen molar-refractivity contribution >= 4 is 23.5 Å². The van der Waals surface area contributed by atoms with Gasteiger partial charge in [-0.05, 0) is 36.8 Å². The first kappa shape index (κ1) is 19.2. The van der Waals surface area contributed by atoms with Crippen molar-refractivity contribution in [2.24, 2.45) is 0 Å². The lowest BCUT2D eigenvalue weighted by atomic mass is 10.1. The number of hydrogen-bond acceptors (Lipinski definition) is 3. The van der Waals surface area contributed by atoms with Crippen LogP contribution in [0.5, 0.6) is 0 Å². The number of carboxylic acids is 1. The monoisotopic (exact) mass is 354 g/mol. The van der Waals surface area contributed by atoms with Crippen molar-refractivity contribution in [1.29, 1.82) is 0 Å². The Kier molecular flexibility index (Phi) is 6.49. The molecule has 0 heterocycles. The molecule has 0 bridgehead atoms. The van der Waals surface area contributed by atoms with Gasteiger partial charge >= 0.3 is 5.97 Å². The lowest BCUT2D eigenvalue weighted by molar-refractivity contribution is -0.137. The Hall–Kier alpha value is -3.15. The summed E-state index contributed by atoms with van der Waals surface area (Å²) in [4.78, 5) is 39.1. The van der Waals surface area contributed by atoms with Crippen molar-refractivity contribution < 1.29 is 19.5 Å². The van der Waals surface area contributed by atoms with E-state index in [0.29, 0.717) is 24.1 Å². The summed E-state index contributed by atoms with van der Waals surface area (Å²) in [6, 6.07) is 15.6. The molecule has 0 aliphatic carbocycles. The molecule has 0 saturated carbocycles. The highest BCUT2D eigenvalue weighted by atomic mass is 16.4. The largest absolute Gasteiger partial charge is 0.480 e. The molecule has 2 rings (SSSR count). The van der Waals surface area contributed by atoms with E-state index >= 15 is 0 Å². The van der Waals surface area contributed by atoms with E-state index in [-0.39, 0.29) is 12.5 Å². The molecule has 0 aromatic heterocycles. The molecule has 2 aromatic carbocycles. The van der Waals surface area contributed by atoms with Crippen molar-refractivity contribution in [2.45, 2.75) is 13.3 Å². The molecule has 0 radical (unpaired) electrons. The predicted octanol–water partition coefficient (Wildman–Crippen LogP) is 2.90. The normalized spacial score (nSPS) is 10.2. The molecule has 1 N–H and O–H groups in total. The van der Waals surface area contributed by atoms with Gasteiger partial charge in [-0.15, -0.1) is 0 Å². The van der Waals surface area contributed by atoms with E-state index in [1.807, 2.05) is 37.3 Å². The highest BCUT2D eigenvalue weighted by Gasteiger charge is 2.20. The number of aliphatic carboxylic acids is 1. The first-order valence-electron chi connectivity index (χ1n) is 8.38. The van der Waals surface area contributed by atoms with E-state index in [1.165, 1.54) is 15.9 Å². The van der Waals surface area contributed by atoms with Crippen molar-refractivity contribution in [3.8, 4) is 0 Å². The smallest absolute Gasteiger partial charge is 0.323 e. The number of carboxylic acid groups (broad SMARTS) is 1. The third kappa shape index (κ3) is 4.69. The van der Waals surface area contributed by atoms with Gasteiger partial charge in [-0.2, -0.15) is 0 Å². The van der Waals surface area contributed by atoms with Crippen LogP contribution in [0.25, 0.3) is 0 Å². The molecule has 0 fully saturated rings. The summed E-state index contributed by atoms with van der Waals surface area (Å²) < 4.78 is 0. The maximum absolute atomic E-state index is 12.7. The zero-order chi connectivity index (χ0) is 19.1. The standard InChI is InChI=1S/C20H22N2O4/c1-3-12-22(14-18(23)24)20(26)16-9-7-8-15(13-16)19(25)21(2)17-10-5-4-6-11-17/h4-11,13H,3,12,14H2,1-2H3,(H,23,24). The van der Waals surface area contributed by atoms with Gasteiger partial charge in [-0.25, -0.2) is 0 Å². The van der Waals surface area contributed by atoms with Gasteiger partial charge < -0.3 is 14.9 Å². The molecule has 0 saturated heterocycles. The van der Waals surface area contributed by atoms with Gasteiger partial charge in [0.25, 0.3) is 11.8 Å². The van der Waals surface area contributed by atoms with E-state index in [0.717, 1.165) is 5.69 Å². The maximum atomic E-state index is 12.7. The van der Waals surface area contributed by atoms with Gasteiger partial charge in [0.15, 0.2) is 0 Å². The minimum absolute atomic E-state index is 0.244. The molecular weight excluding hydrogens is 332 g/mol. The maximum Gasteiger partial charge on any atom is 0.323 e. The first-order chi connectivity index (χ1) is 12.4. The molecule has 6 nitrogen and oxygen atoms in total. The van der Waals surface area contributed by atoms with Crippen molar-refractivity contribution in [3.05, 3.63) is 65.7 Å². The van der Waals surface area contributed by atoms with Gasteiger partial charge in [-0.3, -0.25) is 14.4 Å². The molecule has 0 aliphatic heterocycles. The first-order valence-corrected chi connectivity index (χ1v) is 8.38. The van der Waals surface area contributed by atoms with Crippen LogP contribution in [-0.2, 0) is 4.79 Å². The molecule has 0 aliphatic rings. The SMILES string of the molecule is CCCN(CC(=O)O)C(=O)c1cccc(C(=O)N(C)c2ccccc2)c1. The Labute approximate surface area is 152 Å². The Balaban J connectivity index is 2.24. The van der Waals surface area contributed by atoms with Crippen LogP contribution in [0.2, 0.25) is 0 Å². The van der Waals surface area contributed by atoms with Gasteiger partial charge in [0.2, 0.25) is 0 Å². The van der Waals surface area contributed by atoms with Gasteiger partial charge in [0.1, 0.15) is 6.54 Å². The second kappa shape index (κ2) is 8.80. The molecule has 6 heteroatoms. The minimum atomic E-state index is -1.07. The summed E-state index contributed by atoms with van der Waals surface area (Å²) >= 11 is 0. The number of rotatable bonds is 7. The van der Waals surface area contributed by atoms with Crippen molar-refractivity contribution in [1.82, 2.24) is 4.90 Å². The highest BCUT2D eigenvalue weighted by molar-refractivity contribution is 6.07. The van der Waals surface area contributed by atoms with Crippen molar-refractivity contribution in [2.75, 3.05) is 25.0 Å². The summed E-state index contributed by atoms with van der Waals surface area (Å²) in [6.45, 7) is 1.85. The topological polar surface area (TPSA) is 77.9 Å². The van der Waals surface area contributed by atoms with Crippen LogP contribution >= 0.6 is 0 Å². The number of amides is 2. The fourth-order valence-electron chi connectivity index (χ4n) is 2.62. The van der Waals surface area contributed by atoms with Crippen LogP contribution in [0, 0.1) is 0 Å². The molecule has 136 valence electrons. The molecule has 26 heavy (non-hydrogen) atoms. The predicted molar refractivity (Wildman–Crippen MR) is 99.4 cm³/mol. The van der Waals surface area contributed by atoms with Crippen LogP contribution in [-0.4, -0.2) is 47.9 Å². The molecular formula is C20H22N2O4. The van der Waals surface area contributed by atoms with E-state index in [1.54, 1.807) is 25.2 Å². The minimum Gasteiger partial charge on any atom is -0.480 e. The summed E-state index contributed by atoms with van der Waals surface area (Å²) in [5.41, 5.74) is 1.41. The average molecular weight is 354 g/mol. The zero-order valence-electron chi connectivity index (χ0n) is 14.9.